The molecule has 0 aromatic carbocycles. The van der Waals surface area contributed by atoms with Gasteiger partial charge in [0.2, 0.25) is 0 Å². The van der Waals surface area contributed by atoms with Gasteiger partial charge in [0.15, 0.2) is 0 Å². The largest absolute Gasteiger partial charge is 0.378 e. The first-order valence-electron chi connectivity index (χ1n) is 4.59. The van der Waals surface area contributed by atoms with Crippen LogP contribution < -0.4 is 5.32 Å². The van der Waals surface area contributed by atoms with Gasteiger partial charge in [-0.05, 0) is 0 Å². The molecule has 12 heavy (non-hydrogen) atoms. The zero-order chi connectivity index (χ0) is 8.66. The Bertz CT molecular complexity index is 173. The van der Waals surface area contributed by atoms with Gasteiger partial charge in [0.1, 0.15) is 5.60 Å². The van der Waals surface area contributed by atoms with Crippen LogP contribution in [-0.2, 0) is 9.47 Å². The predicted octanol–water partition coefficient (Wildman–Crippen LogP) is 0.401. The molecule has 2 rings (SSSR count). The summed E-state index contributed by atoms with van der Waals surface area (Å²) in [5.41, 5.74) is 0.0890. The van der Waals surface area contributed by atoms with Crippen molar-refractivity contribution in [2.45, 2.75) is 19.4 Å². The first-order chi connectivity index (χ1) is 5.66. The van der Waals surface area contributed by atoms with Crippen molar-refractivity contribution in [2.24, 2.45) is 5.41 Å². The lowest BCUT2D eigenvalue weighted by atomic mass is 9.77. The molecule has 3 heteroatoms. The standard InChI is InChI=1S/C9H17NO2/c1-8(2)6-11-7-9(8)5-10-3-4-12-9/h10H,3-7H2,1-2H3. The van der Waals surface area contributed by atoms with Gasteiger partial charge in [-0.1, -0.05) is 13.8 Å². The lowest BCUT2D eigenvalue weighted by molar-refractivity contribution is -0.114. The number of hydrogen-bond acceptors (Lipinski definition) is 3. The van der Waals surface area contributed by atoms with Crippen LogP contribution in [0.5, 0.6) is 0 Å². The van der Waals surface area contributed by atoms with E-state index in [1.165, 1.54) is 0 Å². The zero-order valence-electron chi connectivity index (χ0n) is 7.85. The van der Waals surface area contributed by atoms with Crippen molar-refractivity contribution in [2.75, 3.05) is 32.9 Å². The van der Waals surface area contributed by atoms with E-state index < -0.39 is 0 Å². The highest BCUT2D eigenvalue weighted by Crippen LogP contribution is 2.40. The maximum atomic E-state index is 5.85. The van der Waals surface area contributed by atoms with Crippen LogP contribution in [0.3, 0.4) is 0 Å². The second kappa shape index (κ2) is 2.69. The molecule has 0 bridgehead atoms. The van der Waals surface area contributed by atoms with Crippen LogP contribution in [0.4, 0.5) is 0 Å². The Morgan fingerprint density at radius 3 is 2.58 bits per heavy atom. The molecular weight excluding hydrogens is 154 g/mol. The molecule has 3 nitrogen and oxygen atoms in total. The molecule has 0 aromatic rings. The molecule has 70 valence electrons. The Hall–Kier alpha value is -0.120. The monoisotopic (exact) mass is 171 g/mol. The maximum Gasteiger partial charge on any atom is 0.111 e. The van der Waals surface area contributed by atoms with Crippen LogP contribution in [0.2, 0.25) is 0 Å². The highest BCUT2D eigenvalue weighted by molar-refractivity contribution is 5.02. The van der Waals surface area contributed by atoms with E-state index in [1.54, 1.807) is 0 Å². The smallest absolute Gasteiger partial charge is 0.111 e. The fourth-order valence-corrected chi connectivity index (χ4v) is 1.99. The van der Waals surface area contributed by atoms with Crippen molar-refractivity contribution in [3.8, 4) is 0 Å². The first-order valence-corrected chi connectivity index (χ1v) is 4.59. The van der Waals surface area contributed by atoms with E-state index in [4.69, 9.17) is 9.47 Å². The molecule has 0 amide bonds. The van der Waals surface area contributed by atoms with Gasteiger partial charge in [0.05, 0.1) is 19.8 Å². The quantitative estimate of drug-likeness (QED) is 0.572. The van der Waals surface area contributed by atoms with E-state index in [-0.39, 0.29) is 11.0 Å². The number of hydrogen-bond donors (Lipinski definition) is 1. The van der Waals surface area contributed by atoms with E-state index >= 15 is 0 Å². The summed E-state index contributed by atoms with van der Waals surface area (Å²) in [4.78, 5) is 0. The van der Waals surface area contributed by atoms with E-state index in [9.17, 15) is 0 Å². The highest BCUT2D eigenvalue weighted by atomic mass is 16.6. The van der Waals surface area contributed by atoms with Crippen molar-refractivity contribution >= 4 is 0 Å². The van der Waals surface area contributed by atoms with E-state index in [1.807, 2.05) is 0 Å². The van der Waals surface area contributed by atoms with Gasteiger partial charge in [-0.15, -0.1) is 0 Å². The van der Waals surface area contributed by atoms with Gasteiger partial charge in [0.25, 0.3) is 0 Å². The lowest BCUT2D eigenvalue weighted by Gasteiger charge is -2.42. The Morgan fingerprint density at radius 2 is 2.08 bits per heavy atom. The fraction of sp³-hybridized carbons (Fsp3) is 1.00. The van der Waals surface area contributed by atoms with Crippen LogP contribution in [0.25, 0.3) is 0 Å². The van der Waals surface area contributed by atoms with E-state index in [0.717, 1.165) is 32.9 Å². The number of ether oxygens (including phenoxy) is 2. The second-order valence-electron chi connectivity index (χ2n) is 4.40. The van der Waals surface area contributed by atoms with Gasteiger partial charge in [0, 0.05) is 18.5 Å². The molecule has 2 fully saturated rings. The third kappa shape index (κ3) is 1.08. The van der Waals surface area contributed by atoms with Crippen LogP contribution in [0, 0.1) is 5.41 Å². The minimum absolute atomic E-state index is 0.0642. The number of nitrogens with one attached hydrogen (secondary N) is 1. The van der Waals surface area contributed by atoms with Crippen molar-refractivity contribution in [1.82, 2.24) is 5.32 Å². The Balaban J connectivity index is 2.17. The van der Waals surface area contributed by atoms with Crippen molar-refractivity contribution in [3.05, 3.63) is 0 Å². The highest BCUT2D eigenvalue weighted by Gasteiger charge is 2.51. The molecule has 1 spiro atoms. The molecule has 1 atom stereocenters. The van der Waals surface area contributed by atoms with Crippen LogP contribution >= 0.6 is 0 Å². The molecule has 2 heterocycles. The van der Waals surface area contributed by atoms with E-state index in [0.29, 0.717) is 0 Å². The van der Waals surface area contributed by atoms with Gasteiger partial charge < -0.3 is 14.8 Å². The Labute approximate surface area is 73.4 Å². The summed E-state index contributed by atoms with van der Waals surface area (Å²) in [6.45, 7) is 8.70. The van der Waals surface area contributed by atoms with Gasteiger partial charge in [-0.2, -0.15) is 0 Å². The molecule has 0 aromatic heterocycles. The zero-order valence-corrected chi connectivity index (χ0v) is 7.85. The molecule has 2 saturated heterocycles. The summed E-state index contributed by atoms with van der Waals surface area (Å²) in [6.07, 6.45) is 0. The molecule has 2 aliphatic heterocycles. The van der Waals surface area contributed by atoms with Crippen LogP contribution in [0.15, 0.2) is 0 Å². The summed E-state index contributed by atoms with van der Waals surface area (Å²) in [5.74, 6) is 0. The minimum atomic E-state index is -0.0642. The molecule has 2 aliphatic rings. The predicted molar refractivity (Wildman–Crippen MR) is 46.2 cm³/mol. The van der Waals surface area contributed by atoms with Crippen molar-refractivity contribution in [1.29, 1.82) is 0 Å². The Kier molecular flexibility index (Phi) is 1.90. The Morgan fingerprint density at radius 1 is 1.25 bits per heavy atom. The summed E-state index contributed by atoms with van der Waals surface area (Å²) < 4.78 is 11.3. The molecule has 0 saturated carbocycles. The summed E-state index contributed by atoms with van der Waals surface area (Å²) in [6, 6.07) is 0. The van der Waals surface area contributed by atoms with E-state index in [2.05, 4.69) is 19.2 Å². The lowest BCUT2D eigenvalue weighted by Crippen LogP contribution is -2.57. The first kappa shape index (κ1) is 8.48. The topological polar surface area (TPSA) is 30.5 Å². The molecule has 0 radical (unpaired) electrons. The second-order valence-corrected chi connectivity index (χ2v) is 4.40. The van der Waals surface area contributed by atoms with Gasteiger partial charge >= 0.3 is 0 Å². The minimum Gasteiger partial charge on any atom is -0.378 e. The van der Waals surface area contributed by atoms with Crippen molar-refractivity contribution < 1.29 is 9.47 Å². The molecule has 0 aliphatic carbocycles. The number of rotatable bonds is 0. The maximum absolute atomic E-state index is 5.85. The SMILES string of the molecule is CC1(C)COCC12CNCCO2. The third-order valence-electron chi connectivity index (χ3n) is 3.10. The molecule has 1 N–H and O–H groups in total. The average molecular weight is 171 g/mol. The summed E-state index contributed by atoms with van der Waals surface area (Å²) >= 11 is 0. The van der Waals surface area contributed by atoms with Crippen molar-refractivity contribution in [3.63, 3.8) is 0 Å². The number of morpholine rings is 1. The summed E-state index contributed by atoms with van der Waals surface area (Å²) in [5, 5.41) is 3.37. The summed E-state index contributed by atoms with van der Waals surface area (Å²) in [7, 11) is 0. The molecule has 1 unspecified atom stereocenters. The van der Waals surface area contributed by atoms with Gasteiger partial charge in [-0.25, -0.2) is 0 Å². The normalized spacial score (nSPS) is 40.5. The molecular formula is C9H17NO2. The van der Waals surface area contributed by atoms with Gasteiger partial charge in [-0.3, -0.25) is 0 Å². The fourth-order valence-electron chi connectivity index (χ4n) is 1.99. The van der Waals surface area contributed by atoms with Crippen LogP contribution in [0.1, 0.15) is 13.8 Å². The average Bonchev–Trinajstić information content (AvgIpc) is 2.30. The van der Waals surface area contributed by atoms with Crippen LogP contribution in [-0.4, -0.2) is 38.5 Å². The third-order valence-corrected chi connectivity index (χ3v) is 3.10.